The summed E-state index contributed by atoms with van der Waals surface area (Å²) in [5, 5.41) is 10.6. The summed E-state index contributed by atoms with van der Waals surface area (Å²) in [6.45, 7) is 6.14. The average molecular weight is 369 g/mol. The highest BCUT2D eigenvalue weighted by Crippen LogP contribution is 2.21. The molecular weight excluding hydrogens is 342 g/mol. The summed E-state index contributed by atoms with van der Waals surface area (Å²) in [6, 6.07) is 10.0. The molecule has 1 saturated heterocycles. The van der Waals surface area contributed by atoms with Crippen LogP contribution in [0.2, 0.25) is 0 Å². The van der Waals surface area contributed by atoms with E-state index in [4.69, 9.17) is 4.52 Å². The molecule has 1 aliphatic heterocycles. The Morgan fingerprint density at radius 1 is 1.26 bits per heavy atom. The van der Waals surface area contributed by atoms with Gasteiger partial charge in [0.05, 0.1) is 12.2 Å². The number of hydrogen-bond acceptors (Lipinski definition) is 4. The second-order valence-electron chi connectivity index (χ2n) is 6.97. The molecular formula is C20H27N5O2. The lowest BCUT2D eigenvalue weighted by atomic mass is 10.1. The Balaban J connectivity index is 1.49. The van der Waals surface area contributed by atoms with Gasteiger partial charge in [-0.1, -0.05) is 31.1 Å². The molecule has 1 aliphatic rings. The SMILES string of the molecule is CN=C(NCc1ccc(N2CCCC2=O)cc1)NCc1cc(C(C)C)no1. The van der Waals surface area contributed by atoms with Crippen molar-refractivity contribution in [2.45, 2.75) is 45.7 Å². The molecule has 0 spiro atoms. The van der Waals surface area contributed by atoms with Gasteiger partial charge in [-0.3, -0.25) is 9.79 Å². The van der Waals surface area contributed by atoms with Crippen LogP contribution in [0.3, 0.4) is 0 Å². The molecule has 3 rings (SSSR count). The maximum absolute atomic E-state index is 11.8. The van der Waals surface area contributed by atoms with Crippen molar-refractivity contribution in [3.05, 3.63) is 47.3 Å². The molecule has 0 atom stereocenters. The fraction of sp³-hybridized carbons (Fsp3) is 0.450. The average Bonchev–Trinajstić information content (AvgIpc) is 3.31. The van der Waals surface area contributed by atoms with Gasteiger partial charge in [-0.15, -0.1) is 0 Å². The Bertz CT molecular complexity index is 795. The third-order valence-electron chi connectivity index (χ3n) is 4.60. The number of amides is 1. The van der Waals surface area contributed by atoms with Gasteiger partial charge in [0.15, 0.2) is 11.7 Å². The van der Waals surface area contributed by atoms with E-state index in [1.165, 1.54) is 0 Å². The number of rotatable bonds is 6. The van der Waals surface area contributed by atoms with Crippen LogP contribution in [0.25, 0.3) is 0 Å². The van der Waals surface area contributed by atoms with Gasteiger partial charge in [0, 0.05) is 38.3 Å². The smallest absolute Gasteiger partial charge is 0.227 e. The number of carbonyl (C=O) groups excluding carboxylic acids is 1. The third-order valence-corrected chi connectivity index (χ3v) is 4.60. The van der Waals surface area contributed by atoms with Crippen molar-refractivity contribution in [1.82, 2.24) is 15.8 Å². The lowest BCUT2D eigenvalue weighted by Gasteiger charge is -2.16. The van der Waals surface area contributed by atoms with Crippen LogP contribution in [-0.4, -0.2) is 30.6 Å². The van der Waals surface area contributed by atoms with Crippen LogP contribution in [-0.2, 0) is 17.9 Å². The van der Waals surface area contributed by atoms with E-state index < -0.39 is 0 Å². The fourth-order valence-electron chi connectivity index (χ4n) is 2.98. The summed E-state index contributed by atoms with van der Waals surface area (Å²) in [4.78, 5) is 17.9. The summed E-state index contributed by atoms with van der Waals surface area (Å²) in [6.07, 6.45) is 1.59. The van der Waals surface area contributed by atoms with Crippen LogP contribution < -0.4 is 15.5 Å². The summed E-state index contributed by atoms with van der Waals surface area (Å²) in [5.74, 6) is 2.02. The molecule has 0 saturated carbocycles. The van der Waals surface area contributed by atoms with Crippen LogP contribution >= 0.6 is 0 Å². The molecule has 2 heterocycles. The lowest BCUT2D eigenvalue weighted by molar-refractivity contribution is -0.117. The van der Waals surface area contributed by atoms with E-state index in [0.717, 1.165) is 35.7 Å². The van der Waals surface area contributed by atoms with E-state index in [0.29, 0.717) is 31.4 Å². The highest BCUT2D eigenvalue weighted by Gasteiger charge is 2.21. The van der Waals surface area contributed by atoms with E-state index >= 15 is 0 Å². The van der Waals surface area contributed by atoms with Gasteiger partial charge in [-0.25, -0.2) is 0 Å². The fourth-order valence-corrected chi connectivity index (χ4v) is 2.98. The Kier molecular flexibility index (Phi) is 6.11. The molecule has 1 amide bonds. The van der Waals surface area contributed by atoms with E-state index in [1.807, 2.05) is 35.2 Å². The van der Waals surface area contributed by atoms with Gasteiger partial charge in [0.2, 0.25) is 5.91 Å². The van der Waals surface area contributed by atoms with Crippen molar-refractivity contribution >= 4 is 17.6 Å². The Morgan fingerprint density at radius 2 is 2.00 bits per heavy atom. The van der Waals surface area contributed by atoms with Gasteiger partial charge in [0.1, 0.15) is 0 Å². The second kappa shape index (κ2) is 8.70. The highest BCUT2D eigenvalue weighted by atomic mass is 16.5. The molecule has 2 aromatic rings. The molecule has 7 heteroatoms. The summed E-state index contributed by atoms with van der Waals surface area (Å²) < 4.78 is 5.33. The monoisotopic (exact) mass is 369 g/mol. The van der Waals surface area contributed by atoms with Crippen LogP contribution in [0.15, 0.2) is 39.8 Å². The van der Waals surface area contributed by atoms with Gasteiger partial charge >= 0.3 is 0 Å². The standard InChI is InChI=1S/C20H27N5O2/c1-14(2)18-11-17(27-24-18)13-23-20(21-3)22-12-15-6-8-16(9-7-15)25-10-4-5-19(25)26/h6-9,11,14H,4-5,10,12-13H2,1-3H3,(H2,21,22,23). The lowest BCUT2D eigenvalue weighted by Crippen LogP contribution is -2.36. The number of anilines is 1. The normalized spacial score (nSPS) is 14.9. The Labute approximate surface area is 159 Å². The minimum Gasteiger partial charge on any atom is -0.359 e. The summed E-state index contributed by atoms with van der Waals surface area (Å²) in [7, 11) is 1.73. The van der Waals surface area contributed by atoms with Crippen molar-refractivity contribution in [2.75, 3.05) is 18.5 Å². The zero-order chi connectivity index (χ0) is 19.2. The van der Waals surface area contributed by atoms with Crippen LogP contribution in [0, 0.1) is 0 Å². The predicted molar refractivity (Wildman–Crippen MR) is 106 cm³/mol. The molecule has 1 aromatic heterocycles. The van der Waals surface area contributed by atoms with Gasteiger partial charge in [0.25, 0.3) is 0 Å². The minimum absolute atomic E-state index is 0.207. The van der Waals surface area contributed by atoms with Crippen molar-refractivity contribution in [2.24, 2.45) is 4.99 Å². The second-order valence-corrected chi connectivity index (χ2v) is 6.97. The molecule has 2 N–H and O–H groups in total. The van der Waals surface area contributed by atoms with Crippen molar-refractivity contribution in [3.63, 3.8) is 0 Å². The predicted octanol–water partition coefficient (Wildman–Crippen LogP) is 2.79. The molecule has 0 unspecified atom stereocenters. The number of guanidine groups is 1. The third kappa shape index (κ3) is 4.87. The molecule has 1 aromatic carbocycles. The highest BCUT2D eigenvalue weighted by molar-refractivity contribution is 5.95. The van der Waals surface area contributed by atoms with Crippen LogP contribution in [0.5, 0.6) is 0 Å². The quantitative estimate of drug-likeness (QED) is 0.604. The number of aromatic nitrogens is 1. The van der Waals surface area contributed by atoms with Gasteiger partial charge in [-0.2, -0.15) is 0 Å². The number of nitrogens with zero attached hydrogens (tertiary/aromatic N) is 3. The summed E-state index contributed by atoms with van der Waals surface area (Å²) in [5.41, 5.74) is 3.04. The number of carbonyl (C=O) groups is 1. The molecule has 144 valence electrons. The van der Waals surface area contributed by atoms with E-state index in [2.05, 4.69) is 34.6 Å². The Morgan fingerprint density at radius 3 is 2.59 bits per heavy atom. The number of hydrogen-bond donors (Lipinski definition) is 2. The van der Waals surface area contributed by atoms with E-state index in [1.54, 1.807) is 7.05 Å². The topological polar surface area (TPSA) is 82.8 Å². The molecule has 27 heavy (non-hydrogen) atoms. The van der Waals surface area contributed by atoms with Crippen molar-refractivity contribution in [3.8, 4) is 0 Å². The zero-order valence-electron chi connectivity index (χ0n) is 16.2. The Hall–Kier alpha value is -2.83. The van der Waals surface area contributed by atoms with Crippen molar-refractivity contribution in [1.29, 1.82) is 0 Å². The first-order valence-corrected chi connectivity index (χ1v) is 9.36. The molecule has 7 nitrogen and oxygen atoms in total. The first-order chi connectivity index (χ1) is 13.1. The first kappa shape index (κ1) is 18.9. The largest absolute Gasteiger partial charge is 0.359 e. The number of benzene rings is 1. The van der Waals surface area contributed by atoms with Crippen LogP contribution in [0.4, 0.5) is 5.69 Å². The molecule has 1 fully saturated rings. The van der Waals surface area contributed by atoms with Crippen LogP contribution in [0.1, 0.15) is 49.6 Å². The number of aliphatic imine (C=N–C) groups is 1. The number of nitrogens with one attached hydrogen (secondary N) is 2. The molecule has 0 radical (unpaired) electrons. The van der Waals surface area contributed by atoms with Crippen molar-refractivity contribution < 1.29 is 9.32 Å². The summed E-state index contributed by atoms with van der Waals surface area (Å²) >= 11 is 0. The minimum atomic E-state index is 0.207. The zero-order valence-corrected chi connectivity index (χ0v) is 16.2. The maximum Gasteiger partial charge on any atom is 0.227 e. The van der Waals surface area contributed by atoms with Gasteiger partial charge in [-0.05, 0) is 30.0 Å². The molecule has 0 aliphatic carbocycles. The maximum atomic E-state index is 11.8. The molecule has 0 bridgehead atoms. The van der Waals surface area contributed by atoms with Gasteiger partial charge < -0.3 is 20.1 Å². The van der Waals surface area contributed by atoms with E-state index in [9.17, 15) is 4.79 Å². The first-order valence-electron chi connectivity index (χ1n) is 9.36. The van der Waals surface area contributed by atoms with E-state index in [-0.39, 0.29) is 5.91 Å².